The molecule has 0 aromatic heterocycles. The van der Waals surface area contributed by atoms with Crippen LogP contribution in [0.2, 0.25) is 0 Å². The predicted octanol–water partition coefficient (Wildman–Crippen LogP) is 4.54. The van der Waals surface area contributed by atoms with Crippen LogP contribution in [0.3, 0.4) is 0 Å². The second-order valence-electron chi connectivity index (χ2n) is 8.12. The van der Waals surface area contributed by atoms with Gasteiger partial charge in [-0.25, -0.2) is 0 Å². The topological polar surface area (TPSA) is 61.9 Å². The molecule has 33 heavy (non-hydrogen) atoms. The van der Waals surface area contributed by atoms with Crippen LogP contribution in [0.1, 0.15) is 24.8 Å². The lowest BCUT2D eigenvalue weighted by molar-refractivity contribution is -0.122. The first-order chi connectivity index (χ1) is 16.0. The van der Waals surface area contributed by atoms with Gasteiger partial charge in [-0.15, -0.1) is 0 Å². The predicted molar refractivity (Wildman–Crippen MR) is 137 cm³/mol. The maximum atomic E-state index is 13.4. The molecule has 1 saturated heterocycles. The number of carbonyl (C=O) groups is 2. The number of methoxy groups -OCH3 is 1. The van der Waals surface area contributed by atoms with E-state index >= 15 is 0 Å². The average molecular weight is 530 g/mol. The quantitative estimate of drug-likeness (QED) is 0.401. The van der Waals surface area contributed by atoms with Gasteiger partial charge in [0.15, 0.2) is 0 Å². The Hall–Kier alpha value is -2.29. The molecule has 0 bridgehead atoms. The molecule has 0 spiro atoms. The first kappa shape index (κ1) is 23.9. The summed E-state index contributed by atoms with van der Waals surface area (Å²) in [6.07, 6.45) is 5.31. The van der Waals surface area contributed by atoms with Crippen molar-refractivity contribution in [3.63, 3.8) is 0 Å². The van der Waals surface area contributed by atoms with Gasteiger partial charge in [0, 0.05) is 11.4 Å². The smallest absolute Gasteiger partial charge is 0.265 e. The number of rotatable bonds is 8. The summed E-state index contributed by atoms with van der Waals surface area (Å²) < 4.78 is 6.11. The third-order valence-electron chi connectivity index (χ3n) is 5.78. The number of amides is 2. The summed E-state index contributed by atoms with van der Waals surface area (Å²) >= 11 is 4.92. The highest BCUT2D eigenvalue weighted by Crippen LogP contribution is 2.42. The lowest BCUT2D eigenvalue weighted by atomic mass is 10.2. The van der Waals surface area contributed by atoms with Gasteiger partial charge in [0.1, 0.15) is 12.3 Å². The summed E-state index contributed by atoms with van der Waals surface area (Å²) in [5, 5.41) is 2.98. The SMILES string of the molecule is COc1ccc(C=C2Sc3ccccc3N(CC(=O)NCCCN3CCCC3)C2=O)cc1Br. The summed E-state index contributed by atoms with van der Waals surface area (Å²) in [7, 11) is 1.62. The van der Waals surface area contributed by atoms with Gasteiger partial charge in [0.2, 0.25) is 5.91 Å². The van der Waals surface area contributed by atoms with Crippen LogP contribution in [0.5, 0.6) is 5.75 Å². The van der Waals surface area contributed by atoms with Gasteiger partial charge < -0.3 is 15.0 Å². The molecule has 0 unspecified atom stereocenters. The van der Waals surface area contributed by atoms with Gasteiger partial charge in [-0.05, 0) is 90.7 Å². The van der Waals surface area contributed by atoms with Crippen LogP contribution >= 0.6 is 27.7 Å². The Labute approximate surface area is 207 Å². The van der Waals surface area contributed by atoms with E-state index in [1.807, 2.05) is 48.5 Å². The number of thioether (sulfide) groups is 1. The Balaban J connectivity index is 1.45. The highest BCUT2D eigenvalue weighted by Gasteiger charge is 2.30. The minimum absolute atomic E-state index is 0.00374. The van der Waals surface area contributed by atoms with E-state index in [1.165, 1.54) is 24.6 Å². The Morgan fingerprint density at radius 3 is 2.76 bits per heavy atom. The van der Waals surface area contributed by atoms with Gasteiger partial charge in [-0.1, -0.05) is 30.0 Å². The van der Waals surface area contributed by atoms with Crippen molar-refractivity contribution in [1.82, 2.24) is 10.2 Å². The average Bonchev–Trinajstić information content (AvgIpc) is 3.33. The number of anilines is 1. The van der Waals surface area contributed by atoms with Gasteiger partial charge in [-0.3, -0.25) is 14.5 Å². The monoisotopic (exact) mass is 529 g/mol. The number of halogens is 1. The third kappa shape index (κ3) is 5.99. The molecule has 0 saturated carbocycles. The Bertz CT molecular complexity index is 1050. The molecule has 0 atom stereocenters. The van der Waals surface area contributed by atoms with Crippen LogP contribution in [0.15, 0.2) is 56.7 Å². The fourth-order valence-electron chi connectivity index (χ4n) is 4.08. The fraction of sp³-hybridized carbons (Fsp3) is 0.360. The number of fused-ring (bicyclic) bond motifs is 1. The highest BCUT2D eigenvalue weighted by molar-refractivity contribution is 9.10. The molecule has 1 N–H and O–H groups in total. The molecule has 8 heteroatoms. The molecule has 2 aromatic carbocycles. The summed E-state index contributed by atoms with van der Waals surface area (Å²) in [6, 6.07) is 13.4. The number of likely N-dealkylation sites (tertiary alicyclic amines) is 1. The maximum absolute atomic E-state index is 13.4. The Morgan fingerprint density at radius 1 is 1.21 bits per heavy atom. The second kappa shape index (κ2) is 11.2. The van der Waals surface area contributed by atoms with Gasteiger partial charge in [0.25, 0.3) is 5.91 Å². The molecule has 2 amide bonds. The van der Waals surface area contributed by atoms with E-state index in [4.69, 9.17) is 4.74 Å². The fourth-order valence-corrected chi connectivity index (χ4v) is 5.70. The van der Waals surface area contributed by atoms with Crippen molar-refractivity contribution in [3.05, 3.63) is 57.4 Å². The molecule has 0 aliphatic carbocycles. The van der Waals surface area contributed by atoms with E-state index < -0.39 is 0 Å². The first-order valence-corrected chi connectivity index (χ1v) is 12.8. The summed E-state index contributed by atoms with van der Waals surface area (Å²) in [6.45, 7) is 3.95. The largest absolute Gasteiger partial charge is 0.496 e. The molecule has 174 valence electrons. The molecule has 0 radical (unpaired) electrons. The van der Waals surface area contributed by atoms with Crippen LogP contribution < -0.4 is 15.0 Å². The lowest BCUT2D eigenvalue weighted by Gasteiger charge is -2.30. The molecule has 2 aliphatic rings. The number of benzene rings is 2. The summed E-state index contributed by atoms with van der Waals surface area (Å²) in [5.41, 5.74) is 1.65. The maximum Gasteiger partial charge on any atom is 0.265 e. The van der Waals surface area contributed by atoms with E-state index in [0.717, 1.165) is 52.4 Å². The molecular formula is C25H28BrN3O3S. The second-order valence-corrected chi connectivity index (χ2v) is 10.1. The zero-order chi connectivity index (χ0) is 23.2. The summed E-state index contributed by atoms with van der Waals surface area (Å²) in [4.78, 5) is 31.6. The minimum atomic E-state index is -0.169. The van der Waals surface area contributed by atoms with Crippen molar-refractivity contribution >= 4 is 51.3 Å². The number of carbonyl (C=O) groups excluding carboxylic acids is 2. The van der Waals surface area contributed by atoms with Crippen LogP contribution in [0.25, 0.3) is 6.08 Å². The first-order valence-electron chi connectivity index (χ1n) is 11.2. The Morgan fingerprint density at radius 2 is 2.00 bits per heavy atom. The van der Waals surface area contributed by atoms with Crippen molar-refractivity contribution in [3.8, 4) is 5.75 Å². The Kier molecular flexibility index (Phi) is 8.11. The highest BCUT2D eigenvalue weighted by atomic mass is 79.9. The van der Waals surface area contributed by atoms with Crippen molar-refractivity contribution < 1.29 is 14.3 Å². The third-order valence-corrected chi connectivity index (χ3v) is 7.48. The van der Waals surface area contributed by atoms with Crippen molar-refractivity contribution in [2.45, 2.75) is 24.2 Å². The zero-order valence-electron chi connectivity index (χ0n) is 18.7. The van der Waals surface area contributed by atoms with Crippen molar-refractivity contribution in [1.29, 1.82) is 0 Å². The van der Waals surface area contributed by atoms with Gasteiger partial charge in [-0.2, -0.15) is 0 Å². The molecular weight excluding hydrogens is 502 g/mol. The molecule has 4 rings (SSSR count). The van der Waals surface area contributed by atoms with E-state index in [-0.39, 0.29) is 18.4 Å². The van der Waals surface area contributed by atoms with Crippen LogP contribution in [-0.4, -0.2) is 56.5 Å². The zero-order valence-corrected chi connectivity index (χ0v) is 21.1. The van der Waals surface area contributed by atoms with Crippen molar-refractivity contribution in [2.75, 3.05) is 44.7 Å². The van der Waals surface area contributed by atoms with Crippen molar-refractivity contribution in [2.24, 2.45) is 0 Å². The normalized spacial score (nSPS) is 17.3. The molecule has 2 heterocycles. The number of ether oxygens (including phenoxy) is 1. The number of nitrogens with one attached hydrogen (secondary N) is 1. The van der Waals surface area contributed by atoms with E-state index in [1.54, 1.807) is 12.0 Å². The van der Waals surface area contributed by atoms with E-state index in [9.17, 15) is 9.59 Å². The number of para-hydroxylation sites is 1. The molecule has 2 aromatic rings. The van der Waals surface area contributed by atoms with E-state index in [2.05, 4.69) is 26.1 Å². The van der Waals surface area contributed by atoms with Crippen LogP contribution in [0, 0.1) is 0 Å². The van der Waals surface area contributed by atoms with Crippen LogP contribution in [0.4, 0.5) is 5.69 Å². The lowest BCUT2D eigenvalue weighted by Crippen LogP contribution is -2.43. The minimum Gasteiger partial charge on any atom is -0.496 e. The number of hydrogen-bond donors (Lipinski definition) is 1. The number of hydrogen-bond acceptors (Lipinski definition) is 5. The summed E-state index contributed by atoms with van der Waals surface area (Å²) in [5.74, 6) is 0.420. The molecule has 6 nitrogen and oxygen atoms in total. The van der Waals surface area contributed by atoms with Gasteiger partial charge >= 0.3 is 0 Å². The number of nitrogens with zero attached hydrogens (tertiary/aromatic N) is 2. The van der Waals surface area contributed by atoms with Crippen LogP contribution in [-0.2, 0) is 9.59 Å². The molecule has 2 aliphatic heterocycles. The van der Waals surface area contributed by atoms with E-state index in [0.29, 0.717) is 11.4 Å². The van der Waals surface area contributed by atoms with Gasteiger partial charge in [0.05, 0.1) is 22.2 Å². The standard InChI is InChI=1S/C25H28BrN3O3S/c1-32-21-10-9-18(15-19(21)26)16-23-25(31)29(20-7-2-3-8-22(20)33-23)17-24(30)27-11-6-14-28-12-4-5-13-28/h2-3,7-10,15-16H,4-6,11-14,17H2,1H3,(H,27,30). The molecule has 1 fully saturated rings.